The third-order valence-corrected chi connectivity index (χ3v) is 4.41. The number of hydrogen-bond acceptors (Lipinski definition) is 6. The fraction of sp³-hybridized carbons (Fsp3) is 0.100. The number of pyridine rings is 1. The molecule has 0 bridgehead atoms. The molecule has 0 aliphatic heterocycles. The van der Waals surface area contributed by atoms with Crippen molar-refractivity contribution in [3.05, 3.63) is 94.7 Å². The second-order valence-corrected chi connectivity index (χ2v) is 6.44. The second kappa shape index (κ2) is 8.35. The maximum Gasteiger partial charge on any atom is 0.277 e. The van der Waals surface area contributed by atoms with Crippen LogP contribution in [0.2, 0.25) is 0 Å². The molecule has 1 N–H and O–H groups in total. The molecule has 1 aromatic carbocycles. The monoisotopic (exact) mass is 403 g/mol. The van der Waals surface area contributed by atoms with Crippen molar-refractivity contribution in [2.75, 3.05) is 5.32 Å². The lowest BCUT2D eigenvalue weighted by Gasteiger charge is -2.02. The van der Waals surface area contributed by atoms with Crippen LogP contribution < -0.4 is 5.32 Å². The van der Waals surface area contributed by atoms with Crippen molar-refractivity contribution in [2.45, 2.75) is 13.0 Å². The molecule has 30 heavy (non-hydrogen) atoms. The van der Waals surface area contributed by atoms with Gasteiger partial charge in [0.2, 0.25) is 0 Å². The molecule has 3 heterocycles. The molecule has 0 radical (unpaired) electrons. The summed E-state index contributed by atoms with van der Waals surface area (Å²) >= 11 is 0. The van der Waals surface area contributed by atoms with Gasteiger partial charge < -0.3 is 5.32 Å². The Labute approximate surface area is 170 Å². The van der Waals surface area contributed by atoms with Crippen LogP contribution in [0.1, 0.15) is 16.1 Å². The number of aryl methyl sites for hydroxylation is 2. The Bertz CT molecular complexity index is 1170. The van der Waals surface area contributed by atoms with Gasteiger partial charge in [-0.3, -0.25) is 24.6 Å². The van der Waals surface area contributed by atoms with E-state index in [2.05, 4.69) is 20.5 Å². The highest BCUT2D eigenvalue weighted by molar-refractivity contribution is 6.02. The van der Waals surface area contributed by atoms with Gasteiger partial charge >= 0.3 is 0 Å². The maximum absolute atomic E-state index is 12.5. The molecule has 150 valence electrons. The van der Waals surface area contributed by atoms with Gasteiger partial charge in [-0.2, -0.15) is 10.2 Å². The van der Waals surface area contributed by atoms with Crippen molar-refractivity contribution in [2.24, 2.45) is 0 Å². The molecule has 3 aromatic heterocycles. The molecular weight excluding hydrogens is 386 g/mol. The summed E-state index contributed by atoms with van der Waals surface area (Å²) in [5.74, 6) is 0.0367. The summed E-state index contributed by atoms with van der Waals surface area (Å²) in [7, 11) is 0. The van der Waals surface area contributed by atoms with Gasteiger partial charge in [-0.15, -0.1) is 0 Å². The molecule has 0 saturated carbocycles. The fourth-order valence-electron chi connectivity index (χ4n) is 2.84. The summed E-state index contributed by atoms with van der Waals surface area (Å²) in [6, 6.07) is 13.1. The largest absolute Gasteiger partial charge is 0.304 e. The summed E-state index contributed by atoms with van der Waals surface area (Å²) in [6.07, 6.45) is 7.71. The Kier molecular flexibility index (Phi) is 5.29. The van der Waals surface area contributed by atoms with Crippen LogP contribution in [0.5, 0.6) is 0 Å². The highest BCUT2D eigenvalue weighted by Gasteiger charge is 2.13. The lowest BCUT2D eigenvalue weighted by molar-refractivity contribution is -0.384. The van der Waals surface area contributed by atoms with Crippen LogP contribution in [0.3, 0.4) is 0 Å². The highest BCUT2D eigenvalue weighted by Crippen LogP contribution is 2.15. The van der Waals surface area contributed by atoms with E-state index in [4.69, 9.17) is 0 Å². The lowest BCUT2D eigenvalue weighted by atomic mass is 10.2. The van der Waals surface area contributed by atoms with Crippen molar-refractivity contribution < 1.29 is 9.72 Å². The molecular formula is C20H17N7O3. The number of anilines is 1. The molecule has 1 amide bonds. The van der Waals surface area contributed by atoms with Gasteiger partial charge in [0.15, 0.2) is 11.5 Å². The predicted molar refractivity (Wildman–Crippen MR) is 108 cm³/mol. The quantitative estimate of drug-likeness (QED) is 0.374. The number of amides is 1. The number of rotatable bonds is 7. The Morgan fingerprint density at radius 2 is 1.77 bits per heavy atom. The fourth-order valence-corrected chi connectivity index (χ4v) is 2.84. The predicted octanol–water partition coefficient (Wildman–Crippen LogP) is 2.87. The average molecular weight is 403 g/mol. The molecule has 4 rings (SSSR count). The molecule has 0 atom stereocenters. The Balaban J connectivity index is 1.37. The van der Waals surface area contributed by atoms with Crippen molar-refractivity contribution >= 4 is 17.4 Å². The number of carbonyl (C=O) groups is 1. The first kappa shape index (κ1) is 19.0. The van der Waals surface area contributed by atoms with Crippen molar-refractivity contribution in [3.8, 4) is 5.69 Å². The standard InChI is InChI=1S/C20H17N7O3/c28-20(18-8-14-26(23-18)16-1-3-17(4-2-16)27(29)30)22-19-9-13-25(24-19)12-7-15-5-10-21-11-6-15/h1-6,8-11,13-14H,7,12H2,(H,22,24,28). The normalized spacial score (nSPS) is 10.7. The second-order valence-electron chi connectivity index (χ2n) is 6.44. The van der Waals surface area contributed by atoms with Gasteiger partial charge in [-0.1, -0.05) is 0 Å². The molecule has 0 aliphatic rings. The molecule has 0 unspecified atom stereocenters. The van der Waals surface area contributed by atoms with E-state index in [9.17, 15) is 14.9 Å². The molecule has 4 aromatic rings. The number of hydrogen-bond donors (Lipinski definition) is 1. The smallest absolute Gasteiger partial charge is 0.277 e. The highest BCUT2D eigenvalue weighted by atomic mass is 16.6. The topological polar surface area (TPSA) is 121 Å². The van der Waals surface area contributed by atoms with Crippen LogP contribution >= 0.6 is 0 Å². The van der Waals surface area contributed by atoms with Crippen LogP contribution in [0.15, 0.2) is 73.3 Å². The average Bonchev–Trinajstić information content (AvgIpc) is 3.43. The van der Waals surface area contributed by atoms with Gasteiger partial charge in [0.25, 0.3) is 11.6 Å². The number of carbonyl (C=O) groups excluding carboxylic acids is 1. The summed E-state index contributed by atoms with van der Waals surface area (Å²) in [6.45, 7) is 0.675. The molecule has 10 heteroatoms. The van der Waals surface area contributed by atoms with E-state index in [0.717, 1.165) is 12.0 Å². The Morgan fingerprint density at radius 3 is 2.50 bits per heavy atom. The summed E-state index contributed by atoms with van der Waals surface area (Å²) in [4.78, 5) is 26.7. The van der Waals surface area contributed by atoms with E-state index in [0.29, 0.717) is 18.1 Å². The van der Waals surface area contributed by atoms with Crippen molar-refractivity contribution in [3.63, 3.8) is 0 Å². The van der Waals surface area contributed by atoms with E-state index in [-0.39, 0.29) is 11.4 Å². The number of nitro benzene ring substituents is 1. The number of non-ortho nitro benzene ring substituents is 1. The Morgan fingerprint density at radius 1 is 1.00 bits per heavy atom. The number of benzene rings is 1. The summed E-state index contributed by atoms with van der Waals surface area (Å²) in [5.41, 5.74) is 1.96. The third kappa shape index (κ3) is 4.38. The molecule has 0 aliphatic carbocycles. The van der Waals surface area contributed by atoms with E-state index in [1.807, 2.05) is 12.1 Å². The first-order chi connectivity index (χ1) is 14.6. The van der Waals surface area contributed by atoms with Crippen LogP contribution in [-0.2, 0) is 13.0 Å². The first-order valence-corrected chi connectivity index (χ1v) is 9.13. The molecule has 10 nitrogen and oxygen atoms in total. The van der Waals surface area contributed by atoms with Crippen LogP contribution in [0.4, 0.5) is 11.5 Å². The zero-order chi connectivity index (χ0) is 20.9. The summed E-state index contributed by atoms with van der Waals surface area (Å²) < 4.78 is 3.23. The maximum atomic E-state index is 12.5. The van der Waals surface area contributed by atoms with Crippen LogP contribution in [0.25, 0.3) is 5.69 Å². The van der Waals surface area contributed by atoms with Crippen molar-refractivity contribution in [1.82, 2.24) is 24.5 Å². The zero-order valence-electron chi connectivity index (χ0n) is 15.8. The number of nitro groups is 1. The van der Waals surface area contributed by atoms with Gasteiger partial charge in [0, 0.05) is 49.5 Å². The molecule has 0 saturated heterocycles. The number of nitrogens with zero attached hydrogens (tertiary/aromatic N) is 6. The number of nitrogens with one attached hydrogen (secondary N) is 1. The molecule has 0 spiro atoms. The van der Waals surface area contributed by atoms with Gasteiger partial charge in [-0.25, -0.2) is 4.68 Å². The minimum absolute atomic E-state index is 0.0108. The summed E-state index contributed by atoms with van der Waals surface area (Å²) in [5, 5.41) is 22.1. The van der Waals surface area contributed by atoms with Gasteiger partial charge in [0.05, 0.1) is 10.6 Å². The lowest BCUT2D eigenvalue weighted by Crippen LogP contribution is -2.14. The van der Waals surface area contributed by atoms with E-state index >= 15 is 0 Å². The van der Waals surface area contributed by atoms with Gasteiger partial charge in [-0.05, 0) is 42.3 Å². The van der Waals surface area contributed by atoms with Crippen LogP contribution in [0, 0.1) is 10.1 Å². The Hall–Kier alpha value is -4.34. The molecule has 0 fully saturated rings. The van der Waals surface area contributed by atoms with Gasteiger partial charge in [0.1, 0.15) is 0 Å². The SMILES string of the molecule is O=C(Nc1ccn(CCc2ccncc2)n1)c1ccn(-c2ccc([N+](=O)[O-])cc2)n1. The number of aromatic nitrogens is 5. The first-order valence-electron chi connectivity index (χ1n) is 9.13. The minimum Gasteiger partial charge on any atom is -0.304 e. The van der Waals surface area contributed by atoms with E-state index in [1.54, 1.807) is 53.7 Å². The van der Waals surface area contributed by atoms with Crippen molar-refractivity contribution in [1.29, 1.82) is 0 Å². The van der Waals surface area contributed by atoms with E-state index < -0.39 is 10.8 Å². The zero-order valence-corrected chi connectivity index (χ0v) is 15.8. The third-order valence-electron chi connectivity index (χ3n) is 4.41. The van der Waals surface area contributed by atoms with E-state index in [1.165, 1.54) is 16.8 Å². The minimum atomic E-state index is -0.470. The van der Waals surface area contributed by atoms with Crippen LogP contribution in [-0.4, -0.2) is 35.4 Å².